The zero-order valence-electron chi connectivity index (χ0n) is 18.0. The van der Waals surface area contributed by atoms with Crippen molar-refractivity contribution in [1.29, 1.82) is 0 Å². The molecule has 0 saturated carbocycles. The molecule has 2 heterocycles. The summed E-state index contributed by atoms with van der Waals surface area (Å²) in [6.07, 6.45) is 3.63. The van der Waals surface area contributed by atoms with Crippen molar-refractivity contribution in [3.8, 4) is 0 Å². The van der Waals surface area contributed by atoms with E-state index >= 15 is 0 Å². The van der Waals surface area contributed by atoms with Gasteiger partial charge in [-0.05, 0) is 33.1 Å². The van der Waals surface area contributed by atoms with Crippen molar-refractivity contribution < 1.29 is 9.59 Å². The highest BCUT2D eigenvalue weighted by Gasteiger charge is 2.30. The van der Waals surface area contributed by atoms with Gasteiger partial charge in [0.1, 0.15) is 0 Å². The zero-order valence-corrected chi connectivity index (χ0v) is 18.0. The fraction of sp³-hybridized carbons (Fsp3) is 0.850. The molecule has 0 aromatic carbocycles. The van der Waals surface area contributed by atoms with Gasteiger partial charge in [-0.15, -0.1) is 0 Å². The molecule has 2 aliphatic rings. The summed E-state index contributed by atoms with van der Waals surface area (Å²) in [5.41, 5.74) is 0. The Hall–Kier alpha value is -1.83. The minimum Gasteiger partial charge on any atom is -0.356 e. The predicted molar refractivity (Wildman–Crippen MR) is 112 cm³/mol. The van der Waals surface area contributed by atoms with E-state index < -0.39 is 0 Å². The number of carbonyl (C=O) groups excluding carboxylic acids is 2. The van der Waals surface area contributed by atoms with E-state index in [1.165, 1.54) is 0 Å². The number of hydrogen-bond acceptors (Lipinski definition) is 4. The van der Waals surface area contributed by atoms with Crippen LogP contribution < -0.4 is 10.6 Å². The van der Waals surface area contributed by atoms with Crippen molar-refractivity contribution >= 4 is 17.8 Å². The average Bonchev–Trinajstić information content (AvgIpc) is 3.25. The van der Waals surface area contributed by atoms with Crippen LogP contribution in [-0.2, 0) is 9.59 Å². The third kappa shape index (κ3) is 6.36. The highest BCUT2D eigenvalue weighted by molar-refractivity contribution is 5.82. The molecule has 2 saturated heterocycles. The molecule has 2 unspecified atom stereocenters. The molecule has 8 heteroatoms. The summed E-state index contributed by atoms with van der Waals surface area (Å²) >= 11 is 0. The van der Waals surface area contributed by atoms with E-state index in [1.807, 2.05) is 18.7 Å². The van der Waals surface area contributed by atoms with Gasteiger partial charge >= 0.3 is 0 Å². The van der Waals surface area contributed by atoms with E-state index in [-0.39, 0.29) is 23.9 Å². The lowest BCUT2D eigenvalue weighted by atomic mass is 10.2. The molecule has 160 valence electrons. The van der Waals surface area contributed by atoms with Crippen molar-refractivity contribution in [3.05, 3.63) is 0 Å². The molecule has 0 radical (unpaired) electrons. The molecular formula is C20H38N6O2. The third-order valence-corrected chi connectivity index (χ3v) is 5.80. The molecular weight excluding hydrogens is 356 g/mol. The van der Waals surface area contributed by atoms with Gasteiger partial charge in [0.15, 0.2) is 5.96 Å². The van der Waals surface area contributed by atoms with E-state index in [9.17, 15) is 9.59 Å². The Morgan fingerprint density at radius 2 is 1.64 bits per heavy atom. The van der Waals surface area contributed by atoms with Crippen LogP contribution in [0.5, 0.6) is 0 Å². The van der Waals surface area contributed by atoms with Gasteiger partial charge in [-0.25, -0.2) is 0 Å². The van der Waals surface area contributed by atoms with E-state index in [0.29, 0.717) is 13.0 Å². The summed E-state index contributed by atoms with van der Waals surface area (Å²) in [7, 11) is 1.77. The lowest BCUT2D eigenvalue weighted by Gasteiger charge is -2.39. The van der Waals surface area contributed by atoms with Crippen LogP contribution in [0.15, 0.2) is 4.99 Å². The Morgan fingerprint density at radius 1 is 1.00 bits per heavy atom. The van der Waals surface area contributed by atoms with Crippen molar-refractivity contribution in [3.63, 3.8) is 0 Å². The van der Waals surface area contributed by atoms with Crippen LogP contribution in [0.4, 0.5) is 0 Å². The second-order valence-corrected chi connectivity index (χ2v) is 7.83. The van der Waals surface area contributed by atoms with Crippen LogP contribution in [0.1, 0.15) is 46.5 Å². The normalized spacial score (nSPS) is 20.8. The second kappa shape index (κ2) is 11.2. The Labute approximate surface area is 169 Å². The van der Waals surface area contributed by atoms with Crippen LogP contribution in [0.2, 0.25) is 0 Å². The number of hydrogen-bond donors (Lipinski definition) is 2. The van der Waals surface area contributed by atoms with Crippen LogP contribution in [-0.4, -0.2) is 97.4 Å². The molecule has 2 N–H and O–H groups in total. The SMILES string of the molecule is CCC(C)NC(=O)CCNC(=NC)N1CCN(C(C)C(=O)N2CCCC2)CC1. The minimum absolute atomic E-state index is 0.0560. The number of piperazine rings is 1. The van der Waals surface area contributed by atoms with Gasteiger partial charge in [-0.1, -0.05) is 6.92 Å². The molecule has 2 aliphatic heterocycles. The summed E-state index contributed by atoms with van der Waals surface area (Å²) in [5.74, 6) is 1.16. The molecule has 0 aromatic rings. The third-order valence-electron chi connectivity index (χ3n) is 5.80. The lowest BCUT2D eigenvalue weighted by Crippen LogP contribution is -2.57. The van der Waals surface area contributed by atoms with Crippen LogP contribution in [0.25, 0.3) is 0 Å². The molecule has 0 aliphatic carbocycles. The number of carbonyl (C=O) groups is 2. The molecule has 2 fully saturated rings. The quantitative estimate of drug-likeness (QED) is 0.485. The highest BCUT2D eigenvalue weighted by atomic mass is 16.2. The van der Waals surface area contributed by atoms with Gasteiger partial charge < -0.3 is 20.4 Å². The molecule has 28 heavy (non-hydrogen) atoms. The summed E-state index contributed by atoms with van der Waals surface area (Å²) < 4.78 is 0. The van der Waals surface area contributed by atoms with Gasteiger partial charge in [0.05, 0.1) is 6.04 Å². The fourth-order valence-electron chi connectivity index (χ4n) is 3.75. The topological polar surface area (TPSA) is 80.3 Å². The molecule has 2 atom stereocenters. The summed E-state index contributed by atoms with van der Waals surface area (Å²) in [6.45, 7) is 11.8. The number of aliphatic imine (C=N–C) groups is 1. The minimum atomic E-state index is -0.0560. The number of amides is 2. The van der Waals surface area contributed by atoms with E-state index in [0.717, 1.165) is 64.5 Å². The van der Waals surface area contributed by atoms with E-state index in [1.54, 1.807) is 7.05 Å². The van der Waals surface area contributed by atoms with Gasteiger partial charge in [0.25, 0.3) is 0 Å². The van der Waals surface area contributed by atoms with E-state index in [4.69, 9.17) is 0 Å². The first-order chi connectivity index (χ1) is 13.5. The largest absolute Gasteiger partial charge is 0.356 e. The predicted octanol–water partition coefficient (Wildman–Crippen LogP) is 0.495. The molecule has 0 bridgehead atoms. The zero-order chi connectivity index (χ0) is 20.5. The Bertz CT molecular complexity index is 539. The summed E-state index contributed by atoms with van der Waals surface area (Å²) in [4.78, 5) is 35.4. The summed E-state index contributed by atoms with van der Waals surface area (Å²) in [5, 5.41) is 6.27. The molecule has 0 aromatic heterocycles. The average molecular weight is 395 g/mol. The molecule has 2 amide bonds. The van der Waals surface area contributed by atoms with Gasteiger partial charge in [-0.3, -0.25) is 19.5 Å². The van der Waals surface area contributed by atoms with Crippen LogP contribution in [0.3, 0.4) is 0 Å². The second-order valence-electron chi connectivity index (χ2n) is 7.83. The Morgan fingerprint density at radius 3 is 2.21 bits per heavy atom. The maximum Gasteiger partial charge on any atom is 0.239 e. The lowest BCUT2D eigenvalue weighted by molar-refractivity contribution is -0.135. The Kier molecular flexibility index (Phi) is 9.02. The Balaban J connectivity index is 1.73. The van der Waals surface area contributed by atoms with Crippen LogP contribution >= 0.6 is 0 Å². The highest BCUT2D eigenvalue weighted by Crippen LogP contribution is 2.14. The number of nitrogens with zero attached hydrogens (tertiary/aromatic N) is 4. The van der Waals surface area contributed by atoms with Crippen molar-refractivity contribution in [2.45, 2.75) is 58.5 Å². The smallest absolute Gasteiger partial charge is 0.239 e. The van der Waals surface area contributed by atoms with Crippen molar-refractivity contribution in [2.24, 2.45) is 4.99 Å². The van der Waals surface area contributed by atoms with Gasteiger partial charge in [0.2, 0.25) is 11.8 Å². The molecule has 0 spiro atoms. The van der Waals surface area contributed by atoms with Crippen LogP contribution in [0, 0.1) is 0 Å². The first kappa shape index (κ1) is 22.5. The van der Waals surface area contributed by atoms with Gasteiger partial charge in [-0.2, -0.15) is 0 Å². The standard InChI is InChI=1S/C20H38N6O2/c1-5-16(2)23-18(27)8-9-22-20(21-4)26-14-12-24(13-15-26)17(3)19(28)25-10-6-7-11-25/h16-17H,5-15H2,1-4H3,(H,21,22)(H,23,27). The maximum atomic E-state index is 12.6. The van der Waals surface area contributed by atoms with Gasteiger partial charge in [0, 0.05) is 65.3 Å². The fourth-order valence-corrected chi connectivity index (χ4v) is 3.75. The summed E-state index contributed by atoms with van der Waals surface area (Å²) in [6, 6.07) is 0.157. The molecule has 8 nitrogen and oxygen atoms in total. The number of guanidine groups is 1. The van der Waals surface area contributed by atoms with Crippen molar-refractivity contribution in [1.82, 2.24) is 25.3 Å². The molecule has 2 rings (SSSR count). The van der Waals surface area contributed by atoms with Crippen molar-refractivity contribution in [2.75, 3.05) is 52.9 Å². The monoisotopic (exact) mass is 394 g/mol. The first-order valence-corrected chi connectivity index (χ1v) is 10.7. The maximum absolute atomic E-state index is 12.6. The number of likely N-dealkylation sites (tertiary alicyclic amines) is 1. The number of nitrogens with one attached hydrogen (secondary N) is 2. The number of rotatable bonds is 7. The first-order valence-electron chi connectivity index (χ1n) is 10.7. The van der Waals surface area contributed by atoms with E-state index in [2.05, 4.69) is 32.3 Å².